The summed E-state index contributed by atoms with van der Waals surface area (Å²) in [6, 6.07) is 9.84. The molecule has 1 aromatic heterocycles. The molecule has 1 aliphatic heterocycles. The molecule has 2 heterocycles. The highest BCUT2D eigenvalue weighted by atomic mass is 35.5. The maximum atomic E-state index is 12.5. The molecule has 29 heavy (non-hydrogen) atoms. The number of cyclic esters (lactones) is 1. The van der Waals surface area contributed by atoms with Crippen molar-refractivity contribution in [2.45, 2.75) is 6.04 Å². The number of halogens is 1. The normalized spacial score (nSPS) is 15.5. The van der Waals surface area contributed by atoms with Gasteiger partial charge >= 0.3 is 6.09 Å². The molecule has 2 aromatic carbocycles. The number of alkyl carbamates (subject to hydrolysis) is 1. The van der Waals surface area contributed by atoms with Crippen molar-refractivity contribution in [1.29, 1.82) is 0 Å². The van der Waals surface area contributed by atoms with E-state index in [1.165, 1.54) is 13.4 Å². The van der Waals surface area contributed by atoms with Crippen LogP contribution in [0.3, 0.4) is 0 Å². The smallest absolute Gasteiger partial charge is 0.407 e. The van der Waals surface area contributed by atoms with E-state index in [1.807, 2.05) is 12.1 Å². The lowest BCUT2D eigenvalue weighted by molar-refractivity contribution is -0.117. The molecule has 9 nitrogen and oxygen atoms in total. The Kier molecular flexibility index (Phi) is 5.05. The number of nitrogens with zero attached hydrogens (tertiary/aromatic N) is 2. The fourth-order valence-electron chi connectivity index (χ4n) is 2.90. The Morgan fingerprint density at radius 3 is 2.90 bits per heavy atom. The van der Waals surface area contributed by atoms with Gasteiger partial charge in [0, 0.05) is 22.2 Å². The number of hydrogen-bond donors (Lipinski definition) is 3. The van der Waals surface area contributed by atoms with Gasteiger partial charge in [-0.25, -0.2) is 14.8 Å². The number of rotatable bonds is 5. The van der Waals surface area contributed by atoms with E-state index in [0.29, 0.717) is 33.2 Å². The SMILES string of the molecule is COc1cc2ncnc(Nc3cccc(Cl)c3)c2cc1NC(=O)[C@@H]1COC(=O)N1. The third-order valence-electron chi connectivity index (χ3n) is 4.29. The Labute approximate surface area is 170 Å². The molecule has 3 aromatic rings. The maximum absolute atomic E-state index is 12.5. The fraction of sp³-hybridized carbons (Fsp3) is 0.158. The summed E-state index contributed by atoms with van der Waals surface area (Å²) < 4.78 is 10.1. The first-order valence-electron chi connectivity index (χ1n) is 8.63. The molecular weight excluding hydrogens is 398 g/mol. The van der Waals surface area contributed by atoms with Gasteiger partial charge in [0.1, 0.15) is 30.5 Å². The average molecular weight is 414 g/mol. The van der Waals surface area contributed by atoms with E-state index in [9.17, 15) is 9.59 Å². The van der Waals surface area contributed by atoms with Gasteiger partial charge in [-0.1, -0.05) is 17.7 Å². The highest BCUT2D eigenvalue weighted by Gasteiger charge is 2.29. The van der Waals surface area contributed by atoms with Crippen LogP contribution in [0.1, 0.15) is 0 Å². The summed E-state index contributed by atoms with van der Waals surface area (Å²) in [6.45, 7) is -0.0365. The molecule has 1 aliphatic rings. The predicted octanol–water partition coefficient (Wildman–Crippen LogP) is 3.08. The largest absolute Gasteiger partial charge is 0.494 e. The van der Waals surface area contributed by atoms with Gasteiger partial charge in [-0.15, -0.1) is 0 Å². The number of aromatic nitrogens is 2. The molecule has 1 atom stereocenters. The van der Waals surface area contributed by atoms with Crippen LogP contribution >= 0.6 is 11.6 Å². The molecule has 0 aliphatic carbocycles. The van der Waals surface area contributed by atoms with Crippen LogP contribution in [0.5, 0.6) is 5.75 Å². The van der Waals surface area contributed by atoms with Crippen LogP contribution in [0.2, 0.25) is 5.02 Å². The minimum absolute atomic E-state index is 0.0365. The lowest BCUT2D eigenvalue weighted by atomic mass is 10.1. The van der Waals surface area contributed by atoms with Crippen molar-refractivity contribution in [3.05, 3.63) is 47.7 Å². The number of carbonyl (C=O) groups is 2. The summed E-state index contributed by atoms with van der Waals surface area (Å²) in [6.07, 6.45) is 0.801. The minimum atomic E-state index is -0.779. The summed E-state index contributed by atoms with van der Waals surface area (Å²) in [5.74, 6) is 0.533. The second-order valence-corrected chi connectivity index (χ2v) is 6.65. The summed E-state index contributed by atoms with van der Waals surface area (Å²) in [4.78, 5) is 32.2. The zero-order chi connectivity index (χ0) is 20.4. The number of ether oxygens (including phenoxy) is 2. The van der Waals surface area contributed by atoms with Gasteiger partial charge in [0.15, 0.2) is 0 Å². The molecule has 1 fully saturated rings. The first-order chi connectivity index (χ1) is 14.0. The molecule has 0 unspecified atom stereocenters. The van der Waals surface area contributed by atoms with Gasteiger partial charge in [-0.05, 0) is 24.3 Å². The summed E-state index contributed by atoms with van der Waals surface area (Å²) in [7, 11) is 1.49. The highest BCUT2D eigenvalue weighted by Crippen LogP contribution is 2.33. The standard InChI is InChI=1S/C19H16ClN5O4/c1-28-16-7-13-12(6-14(16)24-18(26)15-8-29-19(27)25-15)17(22-9-21-13)23-11-4-2-3-10(20)5-11/h2-7,9,15H,8H2,1H3,(H,24,26)(H,25,27)(H,21,22,23)/t15-/m0/s1. The fourth-order valence-corrected chi connectivity index (χ4v) is 3.09. The van der Waals surface area contributed by atoms with Gasteiger partial charge in [-0.2, -0.15) is 0 Å². The summed E-state index contributed by atoms with van der Waals surface area (Å²) in [5.41, 5.74) is 1.79. The maximum Gasteiger partial charge on any atom is 0.407 e. The van der Waals surface area contributed by atoms with Gasteiger partial charge in [0.25, 0.3) is 5.91 Å². The van der Waals surface area contributed by atoms with Crippen molar-refractivity contribution in [1.82, 2.24) is 15.3 Å². The number of carbonyl (C=O) groups excluding carboxylic acids is 2. The van der Waals surface area contributed by atoms with Crippen molar-refractivity contribution in [2.24, 2.45) is 0 Å². The average Bonchev–Trinajstić information content (AvgIpc) is 3.14. The molecule has 2 amide bonds. The number of amides is 2. The van der Waals surface area contributed by atoms with Crippen LogP contribution in [0.4, 0.5) is 22.0 Å². The Morgan fingerprint density at radius 1 is 1.31 bits per heavy atom. The number of nitrogens with one attached hydrogen (secondary N) is 3. The Balaban J connectivity index is 1.69. The zero-order valence-electron chi connectivity index (χ0n) is 15.2. The van der Waals surface area contributed by atoms with Crippen LogP contribution < -0.4 is 20.7 Å². The predicted molar refractivity (Wildman–Crippen MR) is 108 cm³/mol. The van der Waals surface area contributed by atoms with Crippen LogP contribution in [0.15, 0.2) is 42.7 Å². The molecule has 10 heteroatoms. The van der Waals surface area contributed by atoms with E-state index in [4.69, 9.17) is 21.1 Å². The van der Waals surface area contributed by atoms with E-state index in [2.05, 4.69) is 25.9 Å². The number of fused-ring (bicyclic) bond motifs is 1. The molecule has 4 rings (SSSR count). The lowest BCUT2D eigenvalue weighted by Crippen LogP contribution is -2.38. The molecule has 1 saturated heterocycles. The Bertz CT molecular complexity index is 1110. The van der Waals surface area contributed by atoms with Crippen molar-refractivity contribution in [3.8, 4) is 5.75 Å². The van der Waals surface area contributed by atoms with E-state index in [-0.39, 0.29) is 6.61 Å². The van der Waals surface area contributed by atoms with Gasteiger partial charge in [0.05, 0.1) is 18.3 Å². The molecule has 0 spiro atoms. The van der Waals surface area contributed by atoms with Gasteiger partial charge < -0.3 is 25.4 Å². The van der Waals surface area contributed by atoms with E-state index >= 15 is 0 Å². The molecule has 3 N–H and O–H groups in total. The number of hydrogen-bond acceptors (Lipinski definition) is 7. The third-order valence-corrected chi connectivity index (χ3v) is 4.53. The van der Waals surface area contributed by atoms with Gasteiger partial charge in [0.2, 0.25) is 0 Å². The number of anilines is 3. The topological polar surface area (TPSA) is 114 Å². The van der Waals surface area contributed by atoms with Crippen molar-refractivity contribution in [3.63, 3.8) is 0 Å². The Hall–Kier alpha value is -3.59. The lowest BCUT2D eigenvalue weighted by Gasteiger charge is -2.15. The van der Waals surface area contributed by atoms with Crippen LogP contribution in [0, 0.1) is 0 Å². The first-order valence-corrected chi connectivity index (χ1v) is 9.01. The minimum Gasteiger partial charge on any atom is -0.494 e. The second kappa shape index (κ2) is 7.80. The van der Waals surface area contributed by atoms with Crippen LogP contribution in [-0.2, 0) is 9.53 Å². The van der Waals surface area contributed by atoms with E-state index < -0.39 is 18.0 Å². The number of methoxy groups -OCH3 is 1. The molecule has 148 valence electrons. The van der Waals surface area contributed by atoms with Crippen molar-refractivity contribution < 1.29 is 19.1 Å². The summed E-state index contributed by atoms with van der Waals surface area (Å²) in [5, 5.41) is 9.64. The Morgan fingerprint density at radius 2 is 2.17 bits per heavy atom. The highest BCUT2D eigenvalue weighted by molar-refractivity contribution is 6.30. The number of benzene rings is 2. The summed E-state index contributed by atoms with van der Waals surface area (Å²) >= 11 is 6.05. The first kappa shape index (κ1) is 18.8. The zero-order valence-corrected chi connectivity index (χ0v) is 16.0. The van der Waals surface area contributed by atoms with Gasteiger partial charge in [-0.3, -0.25) is 4.79 Å². The van der Waals surface area contributed by atoms with Crippen LogP contribution in [0.25, 0.3) is 10.9 Å². The molecule has 0 radical (unpaired) electrons. The van der Waals surface area contributed by atoms with Crippen molar-refractivity contribution >= 4 is 51.7 Å². The molecule has 0 bridgehead atoms. The molecule has 0 saturated carbocycles. The van der Waals surface area contributed by atoms with Crippen molar-refractivity contribution in [2.75, 3.05) is 24.4 Å². The third kappa shape index (κ3) is 3.99. The molecular formula is C19H16ClN5O4. The second-order valence-electron chi connectivity index (χ2n) is 6.21. The van der Waals surface area contributed by atoms with E-state index in [1.54, 1.807) is 24.3 Å². The van der Waals surface area contributed by atoms with E-state index in [0.717, 1.165) is 5.69 Å². The van der Waals surface area contributed by atoms with Crippen LogP contribution in [-0.4, -0.2) is 41.7 Å². The quantitative estimate of drug-likeness (QED) is 0.588. The monoisotopic (exact) mass is 413 g/mol.